The summed E-state index contributed by atoms with van der Waals surface area (Å²) in [5.74, 6) is -0.191. The summed E-state index contributed by atoms with van der Waals surface area (Å²) >= 11 is 0. The van der Waals surface area contributed by atoms with Crippen molar-refractivity contribution in [2.75, 3.05) is 18.1 Å². The molecule has 2 unspecified atom stereocenters. The van der Waals surface area contributed by atoms with Crippen LogP contribution in [-0.2, 0) is 31.6 Å². The molecular weight excluding hydrogens is 575 g/mol. The van der Waals surface area contributed by atoms with Gasteiger partial charge in [0.25, 0.3) is 5.56 Å². The highest BCUT2D eigenvalue weighted by molar-refractivity contribution is 7.66. The molecule has 5 atom stereocenters. The second-order valence-corrected chi connectivity index (χ2v) is 12.5. The van der Waals surface area contributed by atoms with Crippen LogP contribution in [0.3, 0.4) is 0 Å². The minimum Gasteiger partial charge on any atom is -0.399 e. The predicted molar refractivity (Wildman–Crippen MR) is 129 cm³/mol. The van der Waals surface area contributed by atoms with E-state index < -0.39 is 54.1 Å². The average molecular weight is 597 g/mol. The molecule has 0 aliphatic carbocycles. The second-order valence-electron chi connectivity index (χ2n) is 8.04. The van der Waals surface area contributed by atoms with Crippen LogP contribution in [0.2, 0.25) is 0 Å². The second kappa shape index (κ2) is 10.3. The number of rotatable bonds is 9. The third-order valence-corrected chi connectivity index (χ3v) is 9.03. The molecule has 1 aliphatic heterocycles. The van der Waals surface area contributed by atoms with Crippen molar-refractivity contribution in [2.24, 2.45) is 0 Å². The van der Waals surface area contributed by atoms with E-state index in [0.717, 1.165) is 0 Å². The van der Waals surface area contributed by atoms with E-state index in [9.17, 15) is 33.4 Å². The van der Waals surface area contributed by atoms with Gasteiger partial charge in [-0.2, -0.15) is 13.6 Å². The molecule has 18 nitrogen and oxygen atoms in total. The van der Waals surface area contributed by atoms with Crippen molar-refractivity contribution >= 4 is 46.1 Å². The van der Waals surface area contributed by atoms with Crippen molar-refractivity contribution < 1.29 is 56.3 Å². The van der Waals surface area contributed by atoms with Crippen LogP contribution in [0.4, 0.5) is 11.6 Å². The number of aromatic nitrogens is 3. The Bertz CT molecular complexity index is 1570. The Morgan fingerprint density at radius 2 is 1.84 bits per heavy atom. The van der Waals surface area contributed by atoms with Gasteiger partial charge < -0.3 is 45.5 Å². The average Bonchev–Trinajstić information content (AvgIpc) is 3.30. The van der Waals surface area contributed by atoms with E-state index in [2.05, 4.69) is 23.1 Å². The van der Waals surface area contributed by atoms with Crippen LogP contribution in [0.15, 0.2) is 35.3 Å². The molecule has 2 aromatic heterocycles. The number of aromatic amines is 1. The Morgan fingerprint density at radius 1 is 1.13 bits per heavy atom. The summed E-state index contributed by atoms with van der Waals surface area (Å²) in [4.78, 5) is 55.4. The maximum Gasteiger partial charge on any atom is 0.490 e. The zero-order chi connectivity index (χ0) is 28.0. The molecule has 4 rings (SSSR count). The van der Waals surface area contributed by atoms with E-state index in [1.54, 1.807) is 24.3 Å². The number of aliphatic hydroxyl groups is 1. The molecule has 21 heteroatoms. The van der Waals surface area contributed by atoms with Crippen LogP contribution in [0, 0.1) is 0 Å². The molecule has 3 aromatic rings. The van der Waals surface area contributed by atoms with Gasteiger partial charge in [0.05, 0.1) is 18.1 Å². The summed E-state index contributed by atoms with van der Waals surface area (Å²) in [6.45, 7) is -0.862. The molecule has 0 amide bonds. The molecule has 1 aliphatic rings. The minimum absolute atomic E-state index is 0.106. The summed E-state index contributed by atoms with van der Waals surface area (Å²) < 4.78 is 53.2. The van der Waals surface area contributed by atoms with Crippen LogP contribution in [0.5, 0.6) is 0 Å². The van der Waals surface area contributed by atoms with E-state index in [1.165, 1.54) is 10.8 Å². The number of nitrogens with zero attached hydrogens (tertiary/aromatic N) is 2. The molecule has 3 heterocycles. The Labute approximate surface area is 212 Å². The highest BCUT2D eigenvalue weighted by atomic mass is 31.3. The zero-order valence-electron chi connectivity index (χ0n) is 18.9. The lowest BCUT2D eigenvalue weighted by Crippen LogP contribution is -2.26. The number of phosphoric ester groups is 1. The fourth-order valence-corrected chi connectivity index (χ4v) is 6.85. The SMILES string of the molecule is Nc1cccc(-c2cn([C@H]3C[C@H](O)[C@@H](COP(=O)(O)OP(=O)(O)OP(=O)(O)O)O3)c3nc(N)[nH]c(=O)c23)c1. The van der Waals surface area contributed by atoms with Crippen molar-refractivity contribution in [3.63, 3.8) is 0 Å². The molecule has 38 heavy (non-hydrogen) atoms. The normalized spacial score (nSPS) is 23.3. The monoisotopic (exact) mass is 597 g/mol. The molecular formula is C17H22N5O13P3. The fraction of sp³-hybridized carbons (Fsp3) is 0.294. The van der Waals surface area contributed by atoms with Gasteiger partial charge in [-0.15, -0.1) is 0 Å². The number of nitrogen functional groups attached to an aromatic ring is 2. The molecule has 0 spiro atoms. The molecule has 0 radical (unpaired) electrons. The van der Waals surface area contributed by atoms with Crippen molar-refractivity contribution in [1.29, 1.82) is 0 Å². The van der Waals surface area contributed by atoms with Crippen molar-refractivity contribution in [3.8, 4) is 11.1 Å². The van der Waals surface area contributed by atoms with E-state index in [4.69, 9.17) is 26.0 Å². The Kier molecular flexibility index (Phi) is 7.73. The highest BCUT2D eigenvalue weighted by Gasteiger charge is 2.43. The summed E-state index contributed by atoms with van der Waals surface area (Å²) in [6.07, 6.45) is -2.16. The quantitative estimate of drug-likeness (QED) is 0.123. The Morgan fingerprint density at radius 3 is 2.50 bits per heavy atom. The Hall–Kier alpha value is -2.43. The first-order chi connectivity index (χ1) is 17.5. The first-order valence-corrected chi connectivity index (χ1v) is 14.9. The predicted octanol–water partition coefficient (Wildman–Crippen LogP) is 0.548. The molecule has 1 aromatic carbocycles. The van der Waals surface area contributed by atoms with E-state index in [-0.39, 0.29) is 23.4 Å². The van der Waals surface area contributed by atoms with E-state index >= 15 is 0 Å². The van der Waals surface area contributed by atoms with Crippen LogP contribution in [0.1, 0.15) is 12.6 Å². The molecule has 0 bridgehead atoms. The summed E-state index contributed by atoms with van der Waals surface area (Å²) in [6, 6.07) is 6.68. The number of fused-ring (bicyclic) bond motifs is 1. The van der Waals surface area contributed by atoms with Crippen molar-refractivity contribution in [3.05, 3.63) is 40.8 Å². The first-order valence-electron chi connectivity index (χ1n) is 10.4. The molecule has 1 saturated heterocycles. The number of hydrogen-bond acceptors (Lipinski definition) is 12. The number of anilines is 2. The third kappa shape index (κ3) is 6.58. The summed E-state index contributed by atoms with van der Waals surface area (Å²) in [7, 11) is -16.7. The van der Waals surface area contributed by atoms with Crippen LogP contribution in [-0.4, -0.2) is 58.0 Å². The van der Waals surface area contributed by atoms with Gasteiger partial charge in [0.1, 0.15) is 12.3 Å². The number of nitrogens with two attached hydrogens (primary N) is 2. The van der Waals surface area contributed by atoms with Gasteiger partial charge in [-0.05, 0) is 17.7 Å². The van der Waals surface area contributed by atoms with E-state index in [1.807, 2.05) is 0 Å². The number of aliphatic hydroxyl groups excluding tert-OH is 1. The number of ether oxygens (including phenoxy) is 1. The van der Waals surface area contributed by atoms with Gasteiger partial charge >= 0.3 is 23.5 Å². The van der Waals surface area contributed by atoms with Gasteiger partial charge in [0.15, 0.2) is 5.65 Å². The van der Waals surface area contributed by atoms with Gasteiger partial charge in [-0.25, -0.2) is 13.7 Å². The topological polar surface area (TPSA) is 292 Å². The van der Waals surface area contributed by atoms with Gasteiger partial charge in [-0.3, -0.25) is 14.3 Å². The molecule has 10 N–H and O–H groups in total. The minimum atomic E-state index is -5.71. The first kappa shape index (κ1) is 28.6. The zero-order valence-corrected chi connectivity index (χ0v) is 21.6. The smallest absolute Gasteiger partial charge is 0.399 e. The van der Waals surface area contributed by atoms with Gasteiger partial charge in [0, 0.05) is 23.9 Å². The maximum atomic E-state index is 12.7. The largest absolute Gasteiger partial charge is 0.490 e. The number of hydrogen-bond donors (Lipinski definition) is 8. The molecule has 0 saturated carbocycles. The van der Waals surface area contributed by atoms with Crippen LogP contribution in [0.25, 0.3) is 22.2 Å². The lowest BCUT2D eigenvalue weighted by molar-refractivity contribution is -0.0421. The summed E-state index contributed by atoms with van der Waals surface area (Å²) in [5.41, 5.74) is 12.6. The lowest BCUT2D eigenvalue weighted by Gasteiger charge is -2.19. The summed E-state index contributed by atoms with van der Waals surface area (Å²) in [5, 5.41) is 10.6. The van der Waals surface area contributed by atoms with Crippen molar-refractivity contribution in [1.82, 2.24) is 14.5 Å². The lowest BCUT2D eigenvalue weighted by atomic mass is 10.1. The van der Waals surface area contributed by atoms with E-state index in [0.29, 0.717) is 16.8 Å². The number of nitrogens with one attached hydrogen (secondary N) is 1. The number of benzene rings is 1. The number of H-pyrrole nitrogens is 1. The van der Waals surface area contributed by atoms with Crippen molar-refractivity contribution in [2.45, 2.75) is 24.9 Å². The van der Waals surface area contributed by atoms with Gasteiger partial charge in [0.2, 0.25) is 5.95 Å². The third-order valence-electron chi connectivity index (χ3n) is 5.23. The molecule has 1 fully saturated rings. The van der Waals surface area contributed by atoms with Crippen LogP contribution >= 0.6 is 23.5 Å². The maximum absolute atomic E-state index is 12.7. The van der Waals surface area contributed by atoms with Crippen LogP contribution < -0.4 is 17.0 Å². The standard InChI is InChI=1S/C17H22N5O13P3/c18-9-3-1-2-8(4-9)10-6-22(15-14(10)16(24)21-17(19)20-15)13-5-11(23)12(33-13)7-32-37(28,29)35-38(30,31)34-36(25,26)27/h1-4,6,11-13,23H,5,7,18H2,(H,28,29)(H,30,31)(H2,25,26,27)(H3,19,20,21,24)/t11-,12+,13+/m0/s1. The Balaban J connectivity index is 1.57. The van der Waals surface area contributed by atoms with Gasteiger partial charge in [-0.1, -0.05) is 12.1 Å². The molecule has 208 valence electrons. The highest BCUT2D eigenvalue weighted by Crippen LogP contribution is 2.66. The number of phosphoric acid groups is 3. The fourth-order valence-electron chi connectivity index (χ4n) is 3.82.